The van der Waals surface area contributed by atoms with Crippen molar-refractivity contribution in [1.29, 1.82) is 0 Å². The average Bonchev–Trinajstić information content (AvgIpc) is 2.43. The molecular weight excluding hydrogens is 262 g/mol. The molecule has 0 saturated heterocycles. The Bertz CT molecular complexity index is 624. The van der Waals surface area contributed by atoms with E-state index in [4.69, 9.17) is 0 Å². The van der Waals surface area contributed by atoms with Crippen LogP contribution in [0.2, 0.25) is 0 Å². The standard InChI is InChI=1S/C15H14F2N2O/c1-19(2)12-6-3-10(4-7-12)15(20)18-11-5-8-13(16)14(17)9-11/h3-9H,1-2H3,(H,18,20). The monoisotopic (exact) mass is 276 g/mol. The molecule has 104 valence electrons. The van der Waals surface area contributed by atoms with Crippen LogP contribution >= 0.6 is 0 Å². The first-order valence-electron chi connectivity index (χ1n) is 6.01. The van der Waals surface area contributed by atoms with Gasteiger partial charge in [0.25, 0.3) is 5.91 Å². The van der Waals surface area contributed by atoms with Gasteiger partial charge in [-0.2, -0.15) is 0 Å². The lowest BCUT2D eigenvalue weighted by Gasteiger charge is -2.12. The lowest BCUT2D eigenvalue weighted by molar-refractivity contribution is 0.102. The van der Waals surface area contributed by atoms with E-state index in [1.54, 1.807) is 24.3 Å². The number of hydrogen-bond donors (Lipinski definition) is 1. The summed E-state index contributed by atoms with van der Waals surface area (Å²) in [6, 6.07) is 10.2. The molecule has 0 aliphatic heterocycles. The van der Waals surface area contributed by atoms with E-state index in [0.29, 0.717) is 5.56 Å². The minimum atomic E-state index is -0.995. The third kappa shape index (κ3) is 3.12. The molecule has 0 aromatic heterocycles. The summed E-state index contributed by atoms with van der Waals surface area (Å²) < 4.78 is 25.8. The maximum absolute atomic E-state index is 13.0. The number of carbonyl (C=O) groups excluding carboxylic acids is 1. The van der Waals surface area contributed by atoms with Gasteiger partial charge in [0.15, 0.2) is 11.6 Å². The van der Waals surface area contributed by atoms with E-state index in [0.717, 1.165) is 17.8 Å². The molecule has 0 radical (unpaired) electrons. The summed E-state index contributed by atoms with van der Waals surface area (Å²) in [6.45, 7) is 0. The second kappa shape index (κ2) is 5.69. The number of rotatable bonds is 3. The molecule has 2 aromatic carbocycles. The second-order valence-electron chi connectivity index (χ2n) is 4.52. The maximum Gasteiger partial charge on any atom is 0.255 e. The van der Waals surface area contributed by atoms with Crippen molar-refractivity contribution >= 4 is 17.3 Å². The molecule has 5 heteroatoms. The van der Waals surface area contributed by atoms with Gasteiger partial charge in [0.2, 0.25) is 0 Å². The molecule has 0 atom stereocenters. The number of carbonyl (C=O) groups is 1. The summed E-state index contributed by atoms with van der Waals surface area (Å²) in [4.78, 5) is 13.9. The van der Waals surface area contributed by atoms with Crippen LogP contribution in [0.1, 0.15) is 10.4 Å². The van der Waals surface area contributed by atoms with E-state index < -0.39 is 11.6 Å². The zero-order valence-corrected chi connectivity index (χ0v) is 11.2. The van der Waals surface area contributed by atoms with Crippen LogP contribution in [0, 0.1) is 11.6 Å². The van der Waals surface area contributed by atoms with Crippen LogP contribution < -0.4 is 10.2 Å². The van der Waals surface area contributed by atoms with Crippen LogP contribution in [0.15, 0.2) is 42.5 Å². The lowest BCUT2D eigenvalue weighted by Crippen LogP contribution is -2.13. The molecule has 0 bridgehead atoms. The quantitative estimate of drug-likeness (QED) is 0.933. The van der Waals surface area contributed by atoms with Gasteiger partial charge in [-0.3, -0.25) is 4.79 Å². The predicted molar refractivity (Wildman–Crippen MR) is 75.1 cm³/mol. The predicted octanol–water partition coefficient (Wildman–Crippen LogP) is 3.28. The molecule has 20 heavy (non-hydrogen) atoms. The van der Waals surface area contributed by atoms with Crippen molar-refractivity contribution in [3.63, 3.8) is 0 Å². The molecule has 3 nitrogen and oxygen atoms in total. The van der Waals surface area contributed by atoms with Gasteiger partial charge in [0.1, 0.15) is 0 Å². The van der Waals surface area contributed by atoms with Crippen molar-refractivity contribution in [3.8, 4) is 0 Å². The van der Waals surface area contributed by atoms with Gasteiger partial charge in [-0.05, 0) is 36.4 Å². The normalized spacial score (nSPS) is 10.2. The molecule has 0 saturated carbocycles. The molecule has 0 spiro atoms. The Kier molecular flexibility index (Phi) is 3.98. The molecule has 2 aromatic rings. The zero-order chi connectivity index (χ0) is 14.7. The van der Waals surface area contributed by atoms with E-state index in [1.165, 1.54) is 6.07 Å². The molecule has 1 N–H and O–H groups in total. The number of nitrogens with one attached hydrogen (secondary N) is 1. The third-order valence-electron chi connectivity index (χ3n) is 2.82. The van der Waals surface area contributed by atoms with Crippen LogP contribution in [0.4, 0.5) is 20.2 Å². The Morgan fingerprint density at radius 2 is 1.65 bits per heavy atom. The van der Waals surface area contributed by atoms with Crippen molar-refractivity contribution in [2.24, 2.45) is 0 Å². The highest BCUT2D eigenvalue weighted by molar-refractivity contribution is 6.04. The number of amides is 1. The molecule has 0 aliphatic carbocycles. The molecule has 2 rings (SSSR count). The van der Waals surface area contributed by atoms with E-state index in [2.05, 4.69) is 5.32 Å². The molecule has 0 aliphatic rings. The Balaban J connectivity index is 2.13. The van der Waals surface area contributed by atoms with Crippen molar-refractivity contribution in [1.82, 2.24) is 0 Å². The van der Waals surface area contributed by atoms with Gasteiger partial charge in [0.05, 0.1) is 0 Å². The fourth-order valence-electron chi connectivity index (χ4n) is 1.69. The van der Waals surface area contributed by atoms with Gasteiger partial charge in [-0.25, -0.2) is 8.78 Å². The number of hydrogen-bond acceptors (Lipinski definition) is 2. The summed E-state index contributed by atoms with van der Waals surface area (Å²) >= 11 is 0. The van der Waals surface area contributed by atoms with Crippen LogP contribution in [-0.4, -0.2) is 20.0 Å². The third-order valence-corrected chi connectivity index (χ3v) is 2.82. The first-order chi connectivity index (χ1) is 9.47. The first-order valence-corrected chi connectivity index (χ1v) is 6.01. The molecular formula is C15H14F2N2O. The van der Waals surface area contributed by atoms with Crippen LogP contribution in [0.25, 0.3) is 0 Å². The van der Waals surface area contributed by atoms with Crippen molar-refractivity contribution in [2.75, 3.05) is 24.3 Å². The fraction of sp³-hybridized carbons (Fsp3) is 0.133. The van der Waals surface area contributed by atoms with Crippen LogP contribution in [-0.2, 0) is 0 Å². The summed E-state index contributed by atoms with van der Waals surface area (Å²) in [5.74, 6) is -2.31. The van der Waals surface area contributed by atoms with Gasteiger partial charge >= 0.3 is 0 Å². The highest BCUT2D eigenvalue weighted by Gasteiger charge is 2.08. The largest absolute Gasteiger partial charge is 0.378 e. The zero-order valence-electron chi connectivity index (χ0n) is 11.2. The molecule has 0 fully saturated rings. The number of anilines is 2. The molecule has 0 heterocycles. The highest BCUT2D eigenvalue weighted by Crippen LogP contribution is 2.16. The van der Waals surface area contributed by atoms with Crippen LogP contribution in [0.3, 0.4) is 0 Å². The maximum atomic E-state index is 13.0. The Labute approximate surface area is 115 Å². The van der Waals surface area contributed by atoms with Gasteiger partial charge in [0, 0.05) is 37.1 Å². The fourth-order valence-corrected chi connectivity index (χ4v) is 1.69. The smallest absolute Gasteiger partial charge is 0.255 e. The Hall–Kier alpha value is -2.43. The van der Waals surface area contributed by atoms with Gasteiger partial charge in [-0.15, -0.1) is 0 Å². The first kappa shape index (κ1) is 14.0. The lowest BCUT2D eigenvalue weighted by atomic mass is 10.2. The minimum Gasteiger partial charge on any atom is -0.378 e. The SMILES string of the molecule is CN(C)c1ccc(C(=O)Nc2ccc(F)c(F)c2)cc1. The number of halogens is 2. The van der Waals surface area contributed by atoms with E-state index in [1.807, 2.05) is 19.0 Å². The Morgan fingerprint density at radius 1 is 1.00 bits per heavy atom. The summed E-state index contributed by atoms with van der Waals surface area (Å²) in [5.41, 5.74) is 1.63. The molecule has 0 unspecified atom stereocenters. The number of nitrogens with zero attached hydrogens (tertiary/aromatic N) is 1. The second-order valence-corrected chi connectivity index (χ2v) is 4.52. The van der Waals surface area contributed by atoms with Crippen molar-refractivity contribution < 1.29 is 13.6 Å². The Morgan fingerprint density at radius 3 is 2.20 bits per heavy atom. The van der Waals surface area contributed by atoms with Crippen molar-refractivity contribution in [2.45, 2.75) is 0 Å². The highest BCUT2D eigenvalue weighted by atomic mass is 19.2. The van der Waals surface area contributed by atoms with E-state index >= 15 is 0 Å². The minimum absolute atomic E-state index is 0.214. The van der Waals surface area contributed by atoms with E-state index in [9.17, 15) is 13.6 Å². The topological polar surface area (TPSA) is 32.3 Å². The van der Waals surface area contributed by atoms with Gasteiger partial charge < -0.3 is 10.2 Å². The summed E-state index contributed by atoms with van der Waals surface area (Å²) in [7, 11) is 3.80. The van der Waals surface area contributed by atoms with Crippen LogP contribution in [0.5, 0.6) is 0 Å². The van der Waals surface area contributed by atoms with Crippen molar-refractivity contribution in [3.05, 3.63) is 59.7 Å². The van der Waals surface area contributed by atoms with E-state index in [-0.39, 0.29) is 11.6 Å². The summed E-state index contributed by atoms with van der Waals surface area (Å²) in [6.07, 6.45) is 0. The number of benzene rings is 2. The molecule has 1 amide bonds. The average molecular weight is 276 g/mol. The van der Waals surface area contributed by atoms with Gasteiger partial charge in [-0.1, -0.05) is 0 Å². The summed E-state index contributed by atoms with van der Waals surface area (Å²) in [5, 5.41) is 2.52.